The lowest BCUT2D eigenvalue weighted by atomic mass is 10.2. The number of carbonyl (C=O) groups is 1. The van der Waals surface area contributed by atoms with Crippen LogP contribution in [0.4, 0.5) is 17.1 Å². The van der Waals surface area contributed by atoms with Crippen LogP contribution in [0.25, 0.3) is 0 Å². The Morgan fingerprint density at radius 3 is 2.23 bits per heavy atom. The predicted octanol–water partition coefficient (Wildman–Crippen LogP) is 3.61. The summed E-state index contributed by atoms with van der Waals surface area (Å²) in [5, 5.41) is 2.96. The minimum Gasteiger partial charge on any atom is -0.476 e. The maximum Gasteiger partial charge on any atom is 0.267 e. The topological polar surface area (TPSA) is 122 Å². The third-order valence-corrected chi connectivity index (χ3v) is 8.00. The van der Waals surface area contributed by atoms with Gasteiger partial charge in [-0.3, -0.25) is 13.8 Å². The first kappa shape index (κ1) is 24.8. The van der Waals surface area contributed by atoms with Gasteiger partial charge in [0, 0.05) is 16.4 Å². The number of aryl methyl sites for hydroxylation is 1. The highest BCUT2D eigenvalue weighted by Crippen LogP contribution is 2.37. The number of nitrogens with zero attached hydrogens (tertiary/aromatic N) is 1. The highest BCUT2D eigenvalue weighted by molar-refractivity contribution is 7.92. The molecule has 0 saturated carbocycles. The van der Waals surface area contributed by atoms with Crippen LogP contribution in [0.5, 0.6) is 5.75 Å². The van der Waals surface area contributed by atoms with E-state index in [2.05, 4.69) is 10.0 Å². The van der Waals surface area contributed by atoms with E-state index in [1.54, 1.807) is 24.3 Å². The molecule has 1 aliphatic rings. The van der Waals surface area contributed by atoms with Crippen molar-refractivity contribution in [2.75, 3.05) is 27.1 Å². The quantitative estimate of drug-likeness (QED) is 0.497. The van der Waals surface area contributed by atoms with E-state index < -0.39 is 32.1 Å². The van der Waals surface area contributed by atoms with Crippen LogP contribution < -0.4 is 19.1 Å². The van der Waals surface area contributed by atoms with Crippen molar-refractivity contribution in [2.45, 2.75) is 17.9 Å². The van der Waals surface area contributed by atoms with Gasteiger partial charge in [-0.15, -0.1) is 0 Å². The lowest BCUT2D eigenvalue weighted by molar-refractivity contribution is -0.122. The molecule has 35 heavy (non-hydrogen) atoms. The van der Waals surface area contributed by atoms with Gasteiger partial charge in [0.25, 0.3) is 15.9 Å². The number of anilines is 3. The zero-order valence-electron chi connectivity index (χ0n) is 18.7. The maximum absolute atomic E-state index is 12.9. The Kier molecular flexibility index (Phi) is 6.67. The van der Waals surface area contributed by atoms with E-state index in [4.69, 9.17) is 16.3 Å². The third-order valence-electron chi connectivity index (χ3n) is 5.22. The molecule has 1 atom stereocenters. The van der Waals surface area contributed by atoms with Crippen molar-refractivity contribution in [3.05, 3.63) is 77.3 Å². The fourth-order valence-corrected chi connectivity index (χ4v) is 5.58. The Morgan fingerprint density at radius 1 is 0.971 bits per heavy atom. The summed E-state index contributed by atoms with van der Waals surface area (Å²) in [5.74, 6) is -0.387. The van der Waals surface area contributed by atoms with Crippen molar-refractivity contribution >= 4 is 54.6 Å². The molecule has 0 radical (unpaired) electrons. The highest BCUT2D eigenvalue weighted by Gasteiger charge is 2.35. The fourth-order valence-electron chi connectivity index (χ4n) is 3.45. The number of ether oxygens (including phenoxy) is 1. The SMILES string of the molecule is Cc1ccc(NS(=O)(=O)c2ccc(NC(=O)[C@@H]3CN(S(C)(=O)=O)c4cc(Cl)ccc4O3)cc2)cc1. The minimum atomic E-state index is -3.82. The number of benzene rings is 3. The smallest absolute Gasteiger partial charge is 0.267 e. The Morgan fingerprint density at radius 2 is 1.60 bits per heavy atom. The molecule has 12 heteroatoms. The van der Waals surface area contributed by atoms with Crippen molar-refractivity contribution in [2.24, 2.45) is 0 Å². The monoisotopic (exact) mass is 535 g/mol. The Labute approximate surface area is 208 Å². The molecule has 9 nitrogen and oxygen atoms in total. The van der Waals surface area contributed by atoms with Gasteiger partial charge in [-0.05, 0) is 61.5 Å². The van der Waals surface area contributed by atoms with Gasteiger partial charge in [-0.25, -0.2) is 16.8 Å². The second-order valence-electron chi connectivity index (χ2n) is 8.00. The van der Waals surface area contributed by atoms with Gasteiger partial charge in [0.1, 0.15) is 5.75 Å². The third kappa shape index (κ3) is 5.69. The lowest BCUT2D eigenvalue weighted by Gasteiger charge is -2.34. The molecule has 4 rings (SSSR count). The maximum atomic E-state index is 12.9. The molecule has 3 aromatic rings. The molecule has 0 fully saturated rings. The molecule has 0 unspecified atom stereocenters. The van der Waals surface area contributed by atoms with Crippen molar-refractivity contribution < 1.29 is 26.4 Å². The molecule has 2 N–H and O–H groups in total. The van der Waals surface area contributed by atoms with Crippen molar-refractivity contribution in [3.8, 4) is 5.75 Å². The van der Waals surface area contributed by atoms with Crippen LogP contribution in [0, 0.1) is 6.92 Å². The number of rotatable bonds is 6. The van der Waals surface area contributed by atoms with Gasteiger partial charge in [0.2, 0.25) is 10.0 Å². The van der Waals surface area contributed by atoms with Crippen molar-refractivity contribution in [3.63, 3.8) is 0 Å². The molecule has 1 aliphatic heterocycles. The first-order chi connectivity index (χ1) is 16.4. The number of carbonyl (C=O) groups excluding carboxylic acids is 1. The summed E-state index contributed by atoms with van der Waals surface area (Å²) in [6.07, 6.45) is -0.105. The standard InChI is InChI=1S/C23H22ClN3O6S2/c1-15-3-6-18(7-4-15)26-35(31,32)19-10-8-17(9-11-19)25-23(28)22-14-27(34(2,29)30)20-13-16(24)5-12-21(20)33-22/h3-13,22,26H,14H2,1-2H3,(H,25,28)/t22-/m0/s1. The van der Waals surface area contributed by atoms with Crippen LogP contribution in [-0.2, 0) is 24.8 Å². The largest absolute Gasteiger partial charge is 0.476 e. The number of hydrogen-bond donors (Lipinski definition) is 2. The second kappa shape index (κ2) is 9.40. The van der Waals surface area contributed by atoms with E-state index in [-0.39, 0.29) is 22.9 Å². The minimum absolute atomic E-state index is 0.0130. The molecule has 0 spiro atoms. The van der Waals surface area contributed by atoms with Gasteiger partial charge in [-0.1, -0.05) is 29.3 Å². The van der Waals surface area contributed by atoms with Crippen LogP contribution >= 0.6 is 11.6 Å². The van der Waals surface area contributed by atoms with Gasteiger partial charge in [-0.2, -0.15) is 0 Å². The Bertz CT molecular complexity index is 1470. The number of halogens is 1. The molecular formula is C23H22ClN3O6S2. The van der Waals surface area contributed by atoms with E-state index in [0.717, 1.165) is 16.1 Å². The van der Waals surface area contributed by atoms with Crippen LogP contribution in [0.3, 0.4) is 0 Å². The molecule has 0 saturated heterocycles. The first-order valence-corrected chi connectivity index (χ1v) is 14.1. The summed E-state index contributed by atoms with van der Waals surface area (Å²) in [7, 11) is -7.53. The van der Waals surface area contributed by atoms with Gasteiger partial charge in [0.05, 0.1) is 23.4 Å². The molecule has 0 aliphatic carbocycles. The Balaban J connectivity index is 1.48. The second-order valence-corrected chi connectivity index (χ2v) is 12.0. The number of fused-ring (bicyclic) bond motifs is 1. The average Bonchev–Trinajstić information content (AvgIpc) is 2.79. The van der Waals surface area contributed by atoms with Crippen LogP contribution in [0.1, 0.15) is 5.56 Å². The molecule has 184 valence electrons. The summed E-state index contributed by atoms with van der Waals surface area (Å²) >= 11 is 5.99. The molecule has 1 heterocycles. The summed E-state index contributed by atoms with van der Waals surface area (Å²) in [6.45, 7) is 1.65. The number of sulfonamides is 2. The lowest BCUT2D eigenvalue weighted by Crippen LogP contribution is -2.48. The summed E-state index contributed by atoms with van der Waals surface area (Å²) in [6, 6.07) is 17.0. The van der Waals surface area contributed by atoms with E-state index in [1.807, 2.05) is 6.92 Å². The molecule has 3 aromatic carbocycles. The van der Waals surface area contributed by atoms with Crippen molar-refractivity contribution in [1.82, 2.24) is 0 Å². The van der Waals surface area contributed by atoms with Crippen LogP contribution in [0.15, 0.2) is 71.6 Å². The number of amides is 1. The molecule has 0 aromatic heterocycles. The van der Waals surface area contributed by atoms with E-state index in [9.17, 15) is 21.6 Å². The van der Waals surface area contributed by atoms with E-state index in [1.165, 1.54) is 42.5 Å². The Hall–Kier alpha value is -3.28. The summed E-state index contributed by atoms with van der Waals surface area (Å²) in [5.41, 5.74) is 2.00. The predicted molar refractivity (Wildman–Crippen MR) is 135 cm³/mol. The number of nitrogens with one attached hydrogen (secondary N) is 2. The van der Waals surface area contributed by atoms with Gasteiger partial charge in [0.15, 0.2) is 6.10 Å². The number of hydrogen-bond acceptors (Lipinski definition) is 6. The van der Waals surface area contributed by atoms with Crippen molar-refractivity contribution in [1.29, 1.82) is 0 Å². The van der Waals surface area contributed by atoms with E-state index in [0.29, 0.717) is 16.4 Å². The van der Waals surface area contributed by atoms with Gasteiger partial charge < -0.3 is 10.1 Å². The fraction of sp³-hybridized carbons (Fsp3) is 0.174. The normalized spacial score (nSPS) is 15.6. The zero-order chi connectivity index (χ0) is 25.4. The van der Waals surface area contributed by atoms with Crippen LogP contribution in [0.2, 0.25) is 5.02 Å². The molecule has 1 amide bonds. The molecule has 0 bridgehead atoms. The average molecular weight is 536 g/mol. The molecular weight excluding hydrogens is 514 g/mol. The summed E-state index contributed by atoms with van der Waals surface area (Å²) in [4.78, 5) is 12.9. The highest BCUT2D eigenvalue weighted by atomic mass is 35.5. The van der Waals surface area contributed by atoms with E-state index >= 15 is 0 Å². The first-order valence-electron chi connectivity index (χ1n) is 10.4. The van der Waals surface area contributed by atoms with Gasteiger partial charge >= 0.3 is 0 Å². The van der Waals surface area contributed by atoms with Crippen LogP contribution in [-0.4, -0.2) is 41.6 Å². The summed E-state index contributed by atoms with van der Waals surface area (Å²) < 4.78 is 59.2. The zero-order valence-corrected chi connectivity index (χ0v) is 21.1.